The van der Waals surface area contributed by atoms with E-state index in [9.17, 15) is 14.4 Å². The first-order valence-corrected chi connectivity index (χ1v) is 13.9. The molecular formula is C26H36N6O4S. The molecule has 1 aliphatic heterocycles. The summed E-state index contributed by atoms with van der Waals surface area (Å²) in [6.45, 7) is 8.52. The fourth-order valence-electron chi connectivity index (χ4n) is 3.98. The van der Waals surface area contributed by atoms with Gasteiger partial charge in [-0.1, -0.05) is 0 Å². The van der Waals surface area contributed by atoms with Crippen LogP contribution >= 0.6 is 11.8 Å². The molecule has 11 heteroatoms. The Morgan fingerprint density at radius 2 is 1.86 bits per heavy atom. The number of anilines is 2. The molecule has 1 aliphatic rings. The van der Waals surface area contributed by atoms with E-state index in [1.807, 2.05) is 18.4 Å². The highest BCUT2D eigenvalue weighted by Gasteiger charge is 2.26. The van der Waals surface area contributed by atoms with Gasteiger partial charge in [-0.15, -0.1) is 0 Å². The highest BCUT2D eigenvalue weighted by Crippen LogP contribution is 2.24. The molecule has 2 amide bonds. The second-order valence-electron chi connectivity index (χ2n) is 8.94. The maximum atomic E-state index is 13.0. The number of amides is 2. The predicted molar refractivity (Wildman–Crippen MR) is 146 cm³/mol. The van der Waals surface area contributed by atoms with Gasteiger partial charge >= 0.3 is 5.97 Å². The van der Waals surface area contributed by atoms with E-state index in [-0.39, 0.29) is 29.8 Å². The van der Waals surface area contributed by atoms with Gasteiger partial charge in [-0.25, -0.2) is 9.78 Å². The normalized spacial score (nSPS) is 14.3. The zero-order valence-corrected chi connectivity index (χ0v) is 22.7. The summed E-state index contributed by atoms with van der Waals surface area (Å²) >= 11 is 1.59. The van der Waals surface area contributed by atoms with E-state index in [2.05, 4.69) is 39.3 Å². The van der Waals surface area contributed by atoms with Crippen molar-refractivity contribution in [2.75, 3.05) is 55.0 Å². The van der Waals surface area contributed by atoms with Crippen LogP contribution in [0.3, 0.4) is 0 Å². The Morgan fingerprint density at radius 1 is 1.11 bits per heavy atom. The van der Waals surface area contributed by atoms with E-state index in [0.717, 1.165) is 11.5 Å². The molecule has 3 rings (SSSR count). The Hall–Kier alpha value is -3.34. The van der Waals surface area contributed by atoms with Gasteiger partial charge in [0, 0.05) is 44.6 Å². The predicted octanol–water partition coefficient (Wildman–Crippen LogP) is 2.67. The zero-order valence-electron chi connectivity index (χ0n) is 21.9. The standard InChI is InChI=1S/C26H36N6O4S/c1-5-36-26(35)22(10-16-37-4)30-24(33)19-8-9-21(28-17-19)25(34)32-14-12-31(13-15-32)23-20(29-18(2)3)7-6-11-27-23/h6-9,11,17-18,22,29H,5,10,12-16H2,1-4H3,(H,30,33)/t22-/m0/s1. The molecule has 200 valence electrons. The molecule has 10 nitrogen and oxygen atoms in total. The van der Waals surface area contributed by atoms with Crippen LogP contribution in [0.15, 0.2) is 36.7 Å². The SMILES string of the molecule is CCOC(=O)[C@H](CCSC)NC(=O)c1ccc(C(=O)N2CCN(c3ncccc3NC(C)C)CC2)nc1. The van der Waals surface area contributed by atoms with Gasteiger partial charge in [0.15, 0.2) is 5.82 Å². The molecule has 2 N–H and O–H groups in total. The summed E-state index contributed by atoms with van der Waals surface area (Å²) in [5, 5.41) is 6.15. The van der Waals surface area contributed by atoms with Crippen LogP contribution in [0.4, 0.5) is 11.5 Å². The Kier molecular flexibility index (Phi) is 10.6. The van der Waals surface area contributed by atoms with Crippen molar-refractivity contribution >= 4 is 41.1 Å². The number of ether oxygens (including phenoxy) is 1. The summed E-state index contributed by atoms with van der Waals surface area (Å²) in [6, 6.07) is 6.58. The van der Waals surface area contributed by atoms with Gasteiger partial charge in [0.25, 0.3) is 11.8 Å². The summed E-state index contributed by atoms with van der Waals surface area (Å²) in [5.74, 6) is 0.522. The number of aromatic nitrogens is 2. The Balaban J connectivity index is 1.59. The van der Waals surface area contributed by atoms with Crippen molar-refractivity contribution in [2.45, 2.75) is 39.3 Å². The molecule has 2 aromatic heterocycles. The number of pyridine rings is 2. The van der Waals surface area contributed by atoms with Gasteiger partial charge < -0.3 is 25.2 Å². The fourth-order valence-corrected chi connectivity index (χ4v) is 4.45. The average Bonchev–Trinajstić information content (AvgIpc) is 2.91. The Morgan fingerprint density at radius 3 is 2.49 bits per heavy atom. The lowest BCUT2D eigenvalue weighted by atomic mass is 10.2. The molecule has 1 fully saturated rings. The summed E-state index contributed by atoms with van der Waals surface area (Å²) in [7, 11) is 0. The number of nitrogens with one attached hydrogen (secondary N) is 2. The van der Waals surface area contributed by atoms with Crippen molar-refractivity contribution in [1.82, 2.24) is 20.2 Å². The molecular weight excluding hydrogens is 492 g/mol. The summed E-state index contributed by atoms with van der Waals surface area (Å²) in [6.07, 6.45) is 5.55. The molecule has 0 radical (unpaired) electrons. The quantitative estimate of drug-likeness (QED) is 0.425. The molecule has 37 heavy (non-hydrogen) atoms. The van der Waals surface area contributed by atoms with Crippen LogP contribution in [0.1, 0.15) is 48.0 Å². The lowest BCUT2D eigenvalue weighted by Gasteiger charge is -2.36. The van der Waals surface area contributed by atoms with Gasteiger partial charge in [0.1, 0.15) is 11.7 Å². The van der Waals surface area contributed by atoms with Gasteiger partial charge in [0.2, 0.25) is 0 Å². The van der Waals surface area contributed by atoms with Crippen LogP contribution < -0.4 is 15.5 Å². The number of hydrogen-bond acceptors (Lipinski definition) is 9. The lowest BCUT2D eigenvalue weighted by molar-refractivity contribution is -0.145. The van der Waals surface area contributed by atoms with E-state index >= 15 is 0 Å². The van der Waals surface area contributed by atoms with Crippen LogP contribution in [-0.4, -0.2) is 89.5 Å². The molecule has 0 saturated carbocycles. The number of carbonyl (C=O) groups excluding carboxylic acids is 3. The molecule has 0 aliphatic carbocycles. The molecule has 2 aromatic rings. The molecule has 0 spiro atoms. The first-order valence-electron chi connectivity index (χ1n) is 12.5. The van der Waals surface area contributed by atoms with E-state index in [1.165, 1.54) is 6.20 Å². The van der Waals surface area contributed by atoms with Crippen LogP contribution in [0, 0.1) is 0 Å². The van der Waals surface area contributed by atoms with Crippen LogP contribution in [0.5, 0.6) is 0 Å². The number of carbonyl (C=O) groups is 3. The van der Waals surface area contributed by atoms with E-state index < -0.39 is 17.9 Å². The Labute approximate surface area is 222 Å². The summed E-state index contributed by atoms with van der Waals surface area (Å²) in [5.41, 5.74) is 1.53. The van der Waals surface area contributed by atoms with Crippen molar-refractivity contribution in [1.29, 1.82) is 0 Å². The molecule has 1 atom stereocenters. The average molecular weight is 529 g/mol. The van der Waals surface area contributed by atoms with Crippen molar-refractivity contribution in [2.24, 2.45) is 0 Å². The minimum Gasteiger partial charge on any atom is -0.464 e. The minimum atomic E-state index is -0.729. The number of nitrogens with zero attached hydrogens (tertiary/aromatic N) is 4. The van der Waals surface area contributed by atoms with Gasteiger partial charge in [-0.05, 0) is 63.5 Å². The number of esters is 1. The Bertz CT molecular complexity index is 1060. The highest BCUT2D eigenvalue weighted by molar-refractivity contribution is 7.98. The van der Waals surface area contributed by atoms with Crippen molar-refractivity contribution in [3.8, 4) is 0 Å². The molecule has 1 saturated heterocycles. The van der Waals surface area contributed by atoms with Crippen molar-refractivity contribution in [3.63, 3.8) is 0 Å². The first-order chi connectivity index (χ1) is 17.8. The third kappa shape index (κ3) is 7.82. The summed E-state index contributed by atoms with van der Waals surface area (Å²) < 4.78 is 5.08. The van der Waals surface area contributed by atoms with Crippen molar-refractivity contribution < 1.29 is 19.1 Å². The minimum absolute atomic E-state index is 0.183. The van der Waals surface area contributed by atoms with E-state index in [4.69, 9.17) is 4.74 Å². The molecule has 0 bridgehead atoms. The fraction of sp³-hybridized carbons (Fsp3) is 0.500. The monoisotopic (exact) mass is 528 g/mol. The third-order valence-corrected chi connectivity index (χ3v) is 6.47. The second-order valence-corrected chi connectivity index (χ2v) is 9.93. The van der Waals surface area contributed by atoms with E-state index in [1.54, 1.807) is 41.9 Å². The maximum Gasteiger partial charge on any atom is 0.328 e. The smallest absolute Gasteiger partial charge is 0.328 e. The van der Waals surface area contributed by atoms with Crippen LogP contribution in [0.2, 0.25) is 0 Å². The van der Waals surface area contributed by atoms with Crippen molar-refractivity contribution in [3.05, 3.63) is 47.9 Å². The highest BCUT2D eigenvalue weighted by atomic mass is 32.2. The second kappa shape index (κ2) is 13.8. The topological polar surface area (TPSA) is 117 Å². The third-order valence-electron chi connectivity index (χ3n) is 5.83. The summed E-state index contributed by atoms with van der Waals surface area (Å²) in [4.78, 5) is 50.7. The first kappa shape index (κ1) is 28.2. The molecule has 3 heterocycles. The van der Waals surface area contributed by atoms with Gasteiger partial charge in [-0.3, -0.25) is 14.6 Å². The number of hydrogen-bond donors (Lipinski definition) is 2. The molecule has 0 unspecified atom stereocenters. The number of piperazine rings is 1. The maximum absolute atomic E-state index is 13.0. The van der Waals surface area contributed by atoms with Gasteiger partial charge in [0.05, 0.1) is 17.9 Å². The molecule has 0 aromatic carbocycles. The van der Waals surface area contributed by atoms with Crippen LogP contribution in [-0.2, 0) is 9.53 Å². The van der Waals surface area contributed by atoms with Gasteiger partial charge in [-0.2, -0.15) is 11.8 Å². The zero-order chi connectivity index (χ0) is 26.8. The number of thioether (sulfide) groups is 1. The van der Waals surface area contributed by atoms with Crippen LogP contribution in [0.25, 0.3) is 0 Å². The van der Waals surface area contributed by atoms with E-state index in [0.29, 0.717) is 38.4 Å². The number of rotatable bonds is 11. The lowest BCUT2D eigenvalue weighted by Crippen LogP contribution is -2.49. The largest absolute Gasteiger partial charge is 0.464 e.